The van der Waals surface area contributed by atoms with Crippen LogP contribution in [0.4, 0.5) is 5.69 Å². The fourth-order valence-corrected chi connectivity index (χ4v) is 3.10. The molecule has 0 atom stereocenters. The summed E-state index contributed by atoms with van der Waals surface area (Å²) in [6.07, 6.45) is 0. The van der Waals surface area contributed by atoms with Crippen molar-refractivity contribution in [2.75, 3.05) is 25.5 Å². The summed E-state index contributed by atoms with van der Waals surface area (Å²) >= 11 is 1.03. The van der Waals surface area contributed by atoms with E-state index in [1.807, 2.05) is 0 Å². The molecule has 0 aliphatic carbocycles. The van der Waals surface area contributed by atoms with Crippen LogP contribution in [0.3, 0.4) is 0 Å². The van der Waals surface area contributed by atoms with Crippen molar-refractivity contribution in [2.24, 2.45) is 5.73 Å². The maximum atomic E-state index is 11.6. The Morgan fingerprint density at radius 3 is 2.76 bits per heavy atom. The molecule has 0 aliphatic rings. The van der Waals surface area contributed by atoms with E-state index in [0.717, 1.165) is 11.3 Å². The van der Waals surface area contributed by atoms with Gasteiger partial charge in [-0.2, -0.15) is 0 Å². The number of carbonyl (C=O) groups is 1. The average Bonchev–Trinajstić information content (AvgIpc) is 2.64. The Kier molecular flexibility index (Phi) is 4.87. The molecule has 17 heavy (non-hydrogen) atoms. The zero-order valence-electron chi connectivity index (χ0n) is 8.88. The van der Waals surface area contributed by atoms with Crippen molar-refractivity contribution in [3.05, 3.63) is 11.4 Å². The van der Waals surface area contributed by atoms with E-state index in [1.54, 1.807) is 0 Å². The molecule has 1 rings (SSSR count). The number of nitrogens with two attached hydrogens (primary N) is 2. The normalized spacial score (nSPS) is 11.5. The topological polar surface area (TPSA) is 125 Å². The Balaban J connectivity index is 2.38. The van der Waals surface area contributed by atoms with Crippen molar-refractivity contribution in [1.82, 2.24) is 4.72 Å². The van der Waals surface area contributed by atoms with E-state index < -0.39 is 15.9 Å². The number of sulfonamides is 1. The van der Waals surface area contributed by atoms with Gasteiger partial charge in [-0.15, -0.1) is 11.3 Å². The van der Waals surface area contributed by atoms with Crippen molar-refractivity contribution < 1.29 is 17.9 Å². The third-order valence-electron chi connectivity index (χ3n) is 1.64. The van der Waals surface area contributed by atoms with E-state index in [9.17, 15) is 13.2 Å². The Bertz CT molecular complexity index is 483. The maximum absolute atomic E-state index is 11.6. The van der Waals surface area contributed by atoms with Gasteiger partial charge in [0.1, 0.15) is 10.8 Å². The van der Waals surface area contributed by atoms with Crippen LogP contribution < -0.4 is 16.2 Å². The zero-order valence-corrected chi connectivity index (χ0v) is 10.5. The molecule has 7 nitrogen and oxygen atoms in total. The summed E-state index contributed by atoms with van der Waals surface area (Å²) in [7, 11) is -3.55. The standard InChI is InChI=1S/C8H13N3O4S2/c9-6-3-8(16-5-6)17(13,14)11-1-2-15-4-7(10)12/h3,5,11H,1-2,4,9H2,(H2,10,12). The maximum Gasteiger partial charge on any atom is 0.250 e. The highest BCUT2D eigenvalue weighted by Gasteiger charge is 2.15. The second-order valence-electron chi connectivity index (χ2n) is 3.12. The first-order valence-electron chi connectivity index (χ1n) is 4.61. The van der Waals surface area contributed by atoms with Crippen molar-refractivity contribution in [1.29, 1.82) is 0 Å². The molecule has 1 heterocycles. The number of rotatable bonds is 7. The monoisotopic (exact) mass is 279 g/mol. The highest BCUT2D eigenvalue weighted by molar-refractivity contribution is 7.91. The van der Waals surface area contributed by atoms with Gasteiger partial charge in [0.2, 0.25) is 15.9 Å². The number of carbonyl (C=O) groups excluding carboxylic acids is 1. The molecule has 0 spiro atoms. The summed E-state index contributed by atoms with van der Waals surface area (Å²) in [4.78, 5) is 10.3. The molecule has 1 aromatic heterocycles. The van der Waals surface area contributed by atoms with E-state index in [2.05, 4.69) is 4.72 Å². The van der Waals surface area contributed by atoms with E-state index in [-0.39, 0.29) is 24.0 Å². The Morgan fingerprint density at radius 2 is 2.24 bits per heavy atom. The van der Waals surface area contributed by atoms with Gasteiger partial charge in [0.15, 0.2) is 0 Å². The predicted octanol–water partition coefficient (Wildman–Crippen LogP) is -0.889. The lowest BCUT2D eigenvalue weighted by Gasteiger charge is -2.04. The number of thiophene rings is 1. The molecule has 96 valence electrons. The van der Waals surface area contributed by atoms with Gasteiger partial charge in [-0.3, -0.25) is 4.79 Å². The number of nitrogens with one attached hydrogen (secondary N) is 1. The van der Waals surface area contributed by atoms with Crippen molar-refractivity contribution >= 4 is 33.0 Å². The zero-order chi connectivity index (χ0) is 12.9. The fraction of sp³-hybridized carbons (Fsp3) is 0.375. The summed E-state index contributed by atoms with van der Waals surface area (Å²) < 4.78 is 30.5. The van der Waals surface area contributed by atoms with E-state index in [1.165, 1.54) is 11.4 Å². The van der Waals surface area contributed by atoms with Crippen molar-refractivity contribution in [3.63, 3.8) is 0 Å². The van der Waals surface area contributed by atoms with Crippen molar-refractivity contribution in [3.8, 4) is 0 Å². The van der Waals surface area contributed by atoms with Gasteiger partial charge < -0.3 is 16.2 Å². The second kappa shape index (κ2) is 5.96. The molecule has 0 unspecified atom stereocenters. The van der Waals surface area contributed by atoms with Crippen LogP contribution in [0.25, 0.3) is 0 Å². The van der Waals surface area contributed by atoms with Crippen LogP contribution in [0.2, 0.25) is 0 Å². The first kappa shape index (κ1) is 13.9. The third-order valence-corrected chi connectivity index (χ3v) is 4.56. The molecular formula is C8H13N3O4S2. The summed E-state index contributed by atoms with van der Waals surface area (Å²) in [6, 6.07) is 1.37. The van der Waals surface area contributed by atoms with Crippen LogP contribution in [-0.4, -0.2) is 34.1 Å². The molecule has 5 N–H and O–H groups in total. The first-order valence-corrected chi connectivity index (χ1v) is 6.98. The number of primary amides is 1. The molecule has 0 fully saturated rings. The molecule has 0 saturated heterocycles. The predicted molar refractivity (Wildman–Crippen MR) is 63.9 cm³/mol. The average molecular weight is 279 g/mol. The number of amides is 1. The van der Waals surface area contributed by atoms with Gasteiger partial charge in [0, 0.05) is 17.6 Å². The Morgan fingerprint density at radius 1 is 1.53 bits per heavy atom. The minimum atomic E-state index is -3.55. The first-order chi connectivity index (χ1) is 7.92. The van der Waals surface area contributed by atoms with Crippen LogP contribution in [0.15, 0.2) is 15.7 Å². The molecule has 1 aromatic rings. The largest absolute Gasteiger partial charge is 0.398 e. The van der Waals surface area contributed by atoms with Gasteiger partial charge in [0.05, 0.1) is 6.61 Å². The molecule has 0 aliphatic heterocycles. The van der Waals surface area contributed by atoms with E-state index in [4.69, 9.17) is 16.2 Å². The third kappa shape index (κ3) is 4.69. The van der Waals surface area contributed by atoms with Crippen LogP contribution in [0.5, 0.6) is 0 Å². The molecule has 0 radical (unpaired) electrons. The quantitative estimate of drug-likeness (QED) is 0.558. The number of nitrogen functional groups attached to an aromatic ring is 1. The fourth-order valence-electron chi connectivity index (χ4n) is 0.963. The summed E-state index contributed by atoms with van der Waals surface area (Å²) in [5, 5.41) is 1.54. The Labute approximate surface area is 103 Å². The number of ether oxygens (including phenoxy) is 1. The lowest BCUT2D eigenvalue weighted by atomic mass is 10.6. The van der Waals surface area contributed by atoms with Crippen molar-refractivity contribution in [2.45, 2.75) is 4.21 Å². The summed E-state index contributed by atoms with van der Waals surface area (Å²) in [6.45, 7) is -0.0931. The van der Waals surface area contributed by atoms with Gasteiger partial charge in [-0.05, 0) is 6.07 Å². The van der Waals surface area contributed by atoms with E-state index >= 15 is 0 Å². The molecule has 0 aromatic carbocycles. The minimum absolute atomic E-state index is 0.0629. The molecule has 0 saturated carbocycles. The van der Waals surface area contributed by atoms with Crippen LogP contribution in [0, 0.1) is 0 Å². The smallest absolute Gasteiger partial charge is 0.250 e. The summed E-state index contributed by atoms with van der Waals surface area (Å²) in [5.41, 5.74) is 10.7. The lowest BCUT2D eigenvalue weighted by molar-refractivity contribution is -0.122. The molecule has 0 bridgehead atoms. The van der Waals surface area contributed by atoms with Gasteiger partial charge in [-0.25, -0.2) is 13.1 Å². The molecular weight excluding hydrogens is 266 g/mol. The minimum Gasteiger partial charge on any atom is -0.398 e. The molecule has 9 heteroatoms. The van der Waals surface area contributed by atoms with Gasteiger partial charge in [0.25, 0.3) is 0 Å². The summed E-state index contributed by atoms with van der Waals surface area (Å²) in [5.74, 6) is -0.598. The molecule has 1 amide bonds. The number of hydrogen-bond acceptors (Lipinski definition) is 6. The van der Waals surface area contributed by atoms with Crippen LogP contribution in [-0.2, 0) is 19.6 Å². The van der Waals surface area contributed by atoms with Gasteiger partial charge >= 0.3 is 0 Å². The highest BCUT2D eigenvalue weighted by Crippen LogP contribution is 2.20. The second-order valence-corrected chi connectivity index (χ2v) is 6.02. The van der Waals surface area contributed by atoms with Crippen LogP contribution >= 0.6 is 11.3 Å². The Hall–Kier alpha value is -1.16. The number of hydrogen-bond donors (Lipinski definition) is 3. The highest BCUT2D eigenvalue weighted by atomic mass is 32.2. The lowest BCUT2D eigenvalue weighted by Crippen LogP contribution is -2.28. The van der Waals surface area contributed by atoms with Gasteiger partial charge in [-0.1, -0.05) is 0 Å². The van der Waals surface area contributed by atoms with E-state index in [0.29, 0.717) is 5.69 Å². The SMILES string of the molecule is NC(=O)COCCNS(=O)(=O)c1cc(N)cs1. The number of anilines is 1. The van der Waals surface area contributed by atoms with Crippen LogP contribution in [0.1, 0.15) is 0 Å².